The quantitative estimate of drug-likeness (QED) is 0.749. The molecule has 0 spiro atoms. The number of nitrogens with zero attached hydrogens (tertiary/aromatic N) is 1. The first kappa shape index (κ1) is 14.9. The number of sulfone groups is 1. The van der Waals surface area contributed by atoms with Crippen molar-refractivity contribution in [3.8, 4) is 5.75 Å². The number of halogens is 1. The van der Waals surface area contributed by atoms with Gasteiger partial charge in [-0.15, -0.1) is 0 Å². The minimum absolute atomic E-state index is 0.114. The first-order valence-electron chi connectivity index (χ1n) is 5.62. The Labute approximate surface area is 107 Å². The lowest BCUT2D eigenvalue weighted by molar-refractivity contribution is 0.237. The zero-order valence-corrected chi connectivity index (χ0v) is 11.4. The molecule has 1 rings (SSSR count). The molecular weight excluding hydrogens is 257 g/mol. The molecule has 0 unspecified atom stereocenters. The summed E-state index contributed by atoms with van der Waals surface area (Å²) in [5, 5.41) is 0. The summed E-state index contributed by atoms with van der Waals surface area (Å²) in [6.45, 7) is 1.31. The molecule has 0 aliphatic carbocycles. The standard InChI is InChI=1S/C12H18FNO3S/c1-14(8-10-18(2,15)16)7-9-17-12-6-4-3-5-11(12)13/h3-6H,7-10H2,1-2H3. The molecule has 0 saturated carbocycles. The Morgan fingerprint density at radius 2 is 1.94 bits per heavy atom. The van der Waals surface area contributed by atoms with Crippen LogP contribution in [-0.4, -0.2) is 52.1 Å². The van der Waals surface area contributed by atoms with Gasteiger partial charge in [-0.2, -0.15) is 0 Å². The minimum Gasteiger partial charge on any atom is -0.489 e. The van der Waals surface area contributed by atoms with Crippen molar-refractivity contribution in [3.05, 3.63) is 30.1 Å². The molecular formula is C12H18FNO3S. The van der Waals surface area contributed by atoms with Crippen molar-refractivity contribution in [1.82, 2.24) is 4.90 Å². The van der Waals surface area contributed by atoms with E-state index in [0.717, 1.165) is 0 Å². The van der Waals surface area contributed by atoms with Gasteiger partial charge >= 0.3 is 0 Å². The van der Waals surface area contributed by atoms with E-state index in [1.165, 1.54) is 12.3 Å². The molecule has 6 heteroatoms. The number of ether oxygens (including phenoxy) is 1. The van der Waals surface area contributed by atoms with Crippen LogP contribution >= 0.6 is 0 Å². The van der Waals surface area contributed by atoms with E-state index >= 15 is 0 Å². The maximum atomic E-state index is 13.2. The van der Waals surface area contributed by atoms with Crippen molar-refractivity contribution in [3.63, 3.8) is 0 Å². The molecule has 0 atom stereocenters. The number of rotatable bonds is 7. The van der Waals surface area contributed by atoms with Crippen LogP contribution in [0, 0.1) is 5.82 Å². The van der Waals surface area contributed by atoms with Gasteiger partial charge in [-0.1, -0.05) is 12.1 Å². The largest absolute Gasteiger partial charge is 0.489 e. The summed E-state index contributed by atoms with van der Waals surface area (Å²) in [7, 11) is -1.14. The van der Waals surface area contributed by atoms with E-state index in [0.29, 0.717) is 19.7 Å². The maximum Gasteiger partial charge on any atom is 0.165 e. The molecule has 4 nitrogen and oxygen atoms in total. The van der Waals surface area contributed by atoms with E-state index in [1.54, 1.807) is 25.2 Å². The normalized spacial score (nSPS) is 11.8. The lowest BCUT2D eigenvalue weighted by atomic mass is 10.3. The van der Waals surface area contributed by atoms with Gasteiger partial charge in [0.25, 0.3) is 0 Å². The fourth-order valence-electron chi connectivity index (χ4n) is 1.31. The van der Waals surface area contributed by atoms with Gasteiger partial charge in [0.05, 0.1) is 5.75 Å². The van der Waals surface area contributed by atoms with Crippen molar-refractivity contribution in [2.45, 2.75) is 0 Å². The van der Waals surface area contributed by atoms with Crippen LogP contribution in [0.5, 0.6) is 5.75 Å². The number of para-hydroxylation sites is 1. The number of hydrogen-bond acceptors (Lipinski definition) is 4. The second kappa shape index (κ2) is 6.70. The summed E-state index contributed by atoms with van der Waals surface area (Å²) in [4.78, 5) is 1.84. The van der Waals surface area contributed by atoms with Crippen LogP contribution in [0.25, 0.3) is 0 Å². The molecule has 0 aliphatic rings. The molecule has 1 aromatic carbocycles. The molecule has 0 aliphatic heterocycles. The molecule has 0 bridgehead atoms. The Morgan fingerprint density at radius 1 is 1.28 bits per heavy atom. The average molecular weight is 275 g/mol. The highest BCUT2D eigenvalue weighted by Crippen LogP contribution is 2.14. The fourth-order valence-corrected chi connectivity index (χ4v) is 1.95. The van der Waals surface area contributed by atoms with Gasteiger partial charge in [0.2, 0.25) is 0 Å². The summed E-state index contributed by atoms with van der Waals surface area (Å²) >= 11 is 0. The van der Waals surface area contributed by atoms with Crippen LogP contribution in [0.1, 0.15) is 0 Å². The average Bonchev–Trinajstić information content (AvgIpc) is 2.28. The zero-order chi connectivity index (χ0) is 13.6. The first-order chi connectivity index (χ1) is 8.38. The van der Waals surface area contributed by atoms with Gasteiger partial charge in [0.15, 0.2) is 11.6 Å². The molecule has 0 N–H and O–H groups in total. The second-order valence-electron chi connectivity index (χ2n) is 4.21. The maximum absolute atomic E-state index is 13.2. The van der Waals surface area contributed by atoms with Crippen LogP contribution in [0.3, 0.4) is 0 Å². The predicted molar refractivity (Wildman–Crippen MR) is 69.1 cm³/mol. The first-order valence-corrected chi connectivity index (χ1v) is 7.68. The SMILES string of the molecule is CN(CCOc1ccccc1F)CCS(C)(=O)=O. The van der Waals surface area contributed by atoms with E-state index in [9.17, 15) is 12.8 Å². The van der Waals surface area contributed by atoms with Crippen molar-refractivity contribution < 1.29 is 17.5 Å². The van der Waals surface area contributed by atoms with Gasteiger partial charge in [-0.05, 0) is 19.2 Å². The van der Waals surface area contributed by atoms with E-state index in [4.69, 9.17) is 4.74 Å². The van der Waals surface area contributed by atoms with Crippen molar-refractivity contribution in [2.24, 2.45) is 0 Å². The zero-order valence-electron chi connectivity index (χ0n) is 10.6. The van der Waals surface area contributed by atoms with Gasteiger partial charge in [0.1, 0.15) is 16.4 Å². The summed E-state index contributed by atoms with van der Waals surface area (Å²) in [5.74, 6) is -0.0614. The second-order valence-corrected chi connectivity index (χ2v) is 6.47. The fraction of sp³-hybridized carbons (Fsp3) is 0.500. The molecule has 0 fully saturated rings. The Balaban J connectivity index is 2.28. The smallest absolute Gasteiger partial charge is 0.165 e. The van der Waals surface area contributed by atoms with Crippen LogP contribution < -0.4 is 4.74 Å². The molecule has 0 radical (unpaired) electrons. The molecule has 0 saturated heterocycles. The third-order valence-corrected chi connectivity index (χ3v) is 3.34. The number of hydrogen-bond donors (Lipinski definition) is 0. The van der Waals surface area contributed by atoms with Crippen LogP contribution in [0.4, 0.5) is 4.39 Å². The van der Waals surface area contributed by atoms with E-state index < -0.39 is 15.7 Å². The molecule has 0 heterocycles. The van der Waals surface area contributed by atoms with E-state index in [2.05, 4.69) is 0 Å². The monoisotopic (exact) mass is 275 g/mol. The summed E-state index contributed by atoms with van der Waals surface area (Å²) < 4.78 is 40.4. The van der Waals surface area contributed by atoms with Gasteiger partial charge in [0, 0.05) is 19.3 Å². The van der Waals surface area contributed by atoms with Gasteiger partial charge in [-0.3, -0.25) is 0 Å². The minimum atomic E-state index is -2.95. The summed E-state index contributed by atoms with van der Waals surface area (Å²) in [5.41, 5.74) is 0. The van der Waals surface area contributed by atoms with Crippen LogP contribution in [0.15, 0.2) is 24.3 Å². The molecule has 1 aromatic rings. The third kappa shape index (κ3) is 5.97. The molecule has 18 heavy (non-hydrogen) atoms. The number of likely N-dealkylation sites (N-methyl/N-ethyl adjacent to an activating group) is 1. The Morgan fingerprint density at radius 3 is 2.56 bits per heavy atom. The third-order valence-electron chi connectivity index (χ3n) is 2.41. The Bertz CT molecular complexity index is 476. The molecule has 102 valence electrons. The molecule has 0 amide bonds. The van der Waals surface area contributed by atoms with Crippen molar-refractivity contribution in [1.29, 1.82) is 0 Å². The van der Waals surface area contributed by atoms with Gasteiger partial charge < -0.3 is 9.64 Å². The number of benzene rings is 1. The van der Waals surface area contributed by atoms with Crippen LogP contribution in [-0.2, 0) is 9.84 Å². The summed E-state index contributed by atoms with van der Waals surface area (Å²) in [6.07, 6.45) is 1.21. The highest BCUT2D eigenvalue weighted by Gasteiger charge is 2.06. The lowest BCUT2D eigenvalue weighted by Gasteiger charge is -2.16. The highest BCUT2D eigenvalue weighted by molar-refractivity contribution is 7.90. The van der Waals surface area contributed by atoms with E-state index in [-0.39, 0.29) is 11.5 Å². The molecule has 0 aromatic heterocycles. The van der Waals surface area contributed by atoms with E-state index in [1.807, 2.05) is 4.90 Å². The van der Waals surface area contributed by atoms with Crippen LogP contribution in [0.2, 0.25) is 0 Å². The lowest BCUT2D eigenvalue weighted by Crippen LogP contribution is -2.29. The van der Waals surface area contributed by atoms with Crippen molar-refractivity contribution >= 4 is 9.84 Å². The Hall–Kier alpha value is -1.14. The Kier molecular flexibility index (Phi) is 5.55. The predicted octanol–water partition coefficient (Wildman–Crippen LogP) is 1.18. The summed E-state index contributed by atoms with van der Waals surface area (Å²) in [6, 6.07) is 6.20. The topological polar surface area (TPSA) is 46.6 Å². The van der Waals surface area contributed by atoms with Crippen molar-refractivity contribution in [2.75, 3.05) is 38.8 Å². The highest BCUT2D eigenvalue weighted by atomic mass is 32.2. The van der Waals surface area contributed by atoms with Gasteiger partial charge in [-0.25, -0.2) is 12.8 Å².